The molecule has 0 bridgehead atoms. The van der Waals surface area contributed by atoms with E-state index in [0.717, 1.165) is 6.07 Å². The van der Waals surface area contributed by atoms with Crippen LogP contribution in [0.2, 0.25) is 0 Å². The van der Waals surface area contributed by atoms with Gasteiger partial charge in [0.05, 0.1) is 23.8 Å². The van der Waals surface area contributed by atoms with Crippen LogP contribution >= 0.6 is 0 Å². The third kappa shape index (κ3) is 3.86. The lowest BCUT2D eigenvalue weighted by molar-refractivity contribution is -0.137. The molecule has 1 N–H and O–H groups in total. The summed E-state index contributed by atoms with van der Waals surface area (Å²) in [6.45, 7) is 1.67. The molecule has 4 rings (SSSR count). The summed E-state index contributed by atoms with van der Waals surface area (Å²) in [6.07, 6.45) is -4.05. The Labute approximate surface area is 178 Å². The van der Waals surface area contributed by atoms with Crippen LogP contribution in [-0.2, 0) is 6.18 Å². The van der Waals surface area contributed by atoms with E-state index < -0.39 is 22.7 Å². The lowest BCUT2D eigenvalue weighted by Crippen LogP contribution is -2.50. The molecule has 0 aliphatic carbocycles. The highest BCUT2D eigenvalue weighted by atomic mass is 19.4. The van der Waals surface area contributed by atoms with E-state index in [4.69, 9.17) is 5.26 Å². The molecule has 5 nitrogen and oxygen atoms in total. The third-order valence-electron chi connectivity index (χ3n) is 6.55. The smallest absolute Gasteiger partial charge is 0.396 e. The summed E-state index contributed by atoms with van der Waals surface area (Å²) in [7, 11) is 0. The summed E-state index contributed by atoms with van der Waals surface area (Å²) in [5.74, 6) is -0.146. The molecule has 2 heterocycles. The molecular weight excluding hydrogens is 407 g/mol. The number of likely N-dealkylation sites (tertiary alicyclic amines) is 1. The van der Waals surface area contributed by atoms with Crippen molar-refractivity contribution in [3.05, 3.63) is 65.2 Å². The number of piperidine rings is 1. The zero-order valence-electron chi connectivity index (χ0n) is 16.8. The molecule has 0 aromatic heterocycles. The lowest BCUT2D eigenvalue weighted by Gasteiger charge is -2.42. The maximum absolute atomic E-state index is 13.4. The molecule has 2 aliphatic rings. The highest BCUT2D eigenvalue weighted by Gasteiger charge is 2.50. The number of carbonyl (C=O) groups excluding carboxylic acids is 1. The van der Waals surface area contributed by atoms with Crippen LogP contribution in [0.3, 0.4) is 0 Å². The number of nitriles is 1. The number of carbonyl (C=O) groups is 1. The first kappa shape index (κ1) is 21.2. The second-order valence-corrected chi connectivity index (χ2v) is 8.30. The minimum atomic E-state index is -4.62. The number of benzene rings is 2. The number of fused-ring (bicyclic) bond motifs is 1. The van der Waals surface area contributed by atoms with Crippen LogP contribution in [0.15, 0.2) is 48.5 Å². The molecular formula is C23H22F3N3O2. The molecule has 31 heavy (non-hydrogen) atoms. The van der Waals surface area contributed by atoms with Gasteiger partial charge in [-0.15, -0.1) is 0 Å². The maximum atomic E-state index is 13.4. The Bertz CT molecular complexity index is 1020. The molecule has 2 aromatic rings. The van der Waals surface area contributed by atoms with Crippen molar-refractivity contribution in [2.45, 2.75) is 12.6 Å². The quantitative estimate of drug-likeness (QED) is 0.811. The predicted octanol–water partition coefficient (Wildman–Crippen LogP) is 3.54. The highest BCUT2D eigenvalue weighted by molar-refractivity contribution is 5.94. The van der Waals surface area contributed by atoms with Gasteiger partial charge in [0.15, 0.2) is 0 Å². The zero-order valence-corrected chi connectivity index (χ0v) is 16.8. The maximum Gasteiger partial charge on any atom is 0.417 e. The summed E-state index contributed by atoms with van der Waals surface area (Å²) < 4.78 is 40.2. The fourth-order valence-electron chi connectivity index (χ4n) is 4.75. The number of nitrogens with zero attached hydrogens (tertiary/aromatic N) is 3. The van der Waals surface area contributed by atoms with Crippen LogP contribution in [0.5, 0.6) is 0 Å². The Kier molecular flexibility index (Phi) is 5.40. The van der Waals surface area contributed by atoms with Crippen LogP contribution in [0.25, 0.3) is 0 Å². The summed E-state index contributed by atoms with van der Waals surface area (Å²) in [5.41, 5.74) is -0.879. The third-order valence-corrected chi connectivity index (χ3v) is 6.55. The number of anilines is 1. The van der Waals surface area contributed by atoms with Gasteiger partial charge in [-0.1, -0.05) is 18.2 Å². The van der Waals surface area contributed by atoms with Gasteiger partial charge in [-0.3, -0.25) is 4.79 Å². The Morgan fingerprint density at radius 1 is 1.19 bits per heavy atom. The number of alkyl halides is 3. The average Bonchev–Trinajstić information content (AvgIpc) is 3.17. The van der Waals surface area contributed by atoms with Gasteiger partial charge in [0.1, 0.15) is 0 Å². The normalized spacial score (nSPS) is 23.4. The fourth-order valence-corrected chi connectivity index (χ4v) is 4.75. The number of halogens is 3. The fraction of sp³-hybridized carbons (Fsp3) is 0.391. The number of amides is 1. The summed E-state index contributed by atoms with van der Waals surface area (Å²) in [4.78, 5) is 16.4. The van der Waals surface area contributed by atoms with Crippen molar-refractivity contribution >= 4 is 11.6 Å². The Morgan fingerprint density at radius 3 is 2.58 bits per heavy atom. The second-order valence-electron chi connectivity index (χ2n) is 8.30. The minimum Gasteiger partial charge on any atom is -0.396 e. The van der Waals surface area contributed by atoms with Gasteiger partial charge in [0.2, 0.25) is 0 Å². The summed E-state index contributed by atoms with van der Waals surface area (Å²) >= 11 is 0. The molecule has 0 unspecified atom stereocenters. The lowest BCUT2D eigenvalue weighted by atomic mass is 9.73. The first-order valence-corrected chi connectivity index (χ1v) is 10.1. The van der Waals surface area contributed by atoms with Gasteiger partial charge >= 0.3 is 6.18 Å². The van der Waals surface area contributed by atoms with Crippen molar-refractivity contribution in [1.29, 1.82) is 5.26 Å². The van der Waals surface area contributed by atoms with Crippen molar-refractivity contribution < 1.29 is 23.1 Å². The van der Waals surface area contributed by atoms with E-state index in [2.05, 4.69) is 0 Å². The minimum absolute atomic E-state index is 0.0658. The van der Waals surface area contributed by atoms with Crippen LogP contribution in [0, 0.1) is 22.7 Å². The first-order valence-electron chi connectivity index (χ1n) is 10.1. The topological polar surface area (TPSA) is 67.6 Å². The van der Waals surface area contributed by atoms with Crippen molar-refractivity contribution in [2.75, 3.05) is 37.7 Å². The van der Waals surface area contributed by atoms with Gasteiger partial charge in [-0.05, 0) is 36.8 Å². The van der Waals surface area contributed by atoms with Gasteiger partial charge in [-0.2, -0.15) is 18.4 Å². The molecule has 2 aromatic carbocycles. The van der Waals surface area contributed by atoms with E-state index in [9.17, 15) is 23.1 Å². The predicted molar refractivity (Wildman–Crippen MR) is 108 cm³/mol. The molecule has 2 aliphatic heterocycles. The molecule has 162 valence electrons. The Morgan fingerprint density at radius 2 is 1.94 bits per heavy atom. The molecule has 2 atom stereocenters. The van der Waals surface area contributed by atoms with E-state index in [1.807, 2.05) is 11.0 Å². The van der Waals surface area contributed by atoms with E-state index in [0.29, 0.717) is 43.9 Å². The van der Waals surface area contributed by atoms with E-state index >= 15 is 0 Å². The molecule has 8 heteroatoms. The van der Waals surface area contributed by atoms with Gasteiger partial charge in [0.25, 0.3) is 5.91 Å². The van der Waals surface area contributed by atoms with Crippen LogP contribution in [0.4, 0.5) is 18.9 Å². The molecule has 2 saturated heterocycles. The van der Waals surface area contributed by atoms with E-state index in [1.165, 1.54) is 12.1 Å². The number of aliphatic hydroxyl groups excluding tert-OH is 1. The number of hydrogen-bond donors (Lipinski definition) is 1. The zero-order chi connectivity index (χ0) is 22.2. The number of aliphatic hydroxyl groups is 1. The Hall–Kier alpha value is -3.05. The molecule has 0 saturated carbocycles. The SMILES string of the molecule is N#Cc1ccc(N2C[C@H]3CN(C(=O)c4ccccc4)CC[C@@]3(CO)C2)cc1C(F)(F)F. The summed E-state index contributed by atoms with van der Waals surface area (Å²) in [6, 6.07) is 14.3. The second kappa shape index (κ2) is 7.89. The molecule has 2 fully saturated rings. The number of rotatable bonds is 3. The van der Waals surface area contributed by atoms with Crippen LogP contribution in [-0.4, -0.2) is 48.7 Å². The largest absolute Gasteiger partial charge is 0.417 e. The van der Waals surface area contributed by atoms with E-state index in [-0.39, 0.29) is 18.4 Å². The monoisotopic (exact) mass is 429 g/mol. The van der Waals surface area contributed by atoms with Crippen LogP contribution in [0.1, 0.15) is 27.9 Å². The molecule has 0 spiro atoms. The van der Waals surface area contributed by atoms with Gasteiger partial charge in [0, 0.05) is 48.8 Å². The van der Waals surface area contributed by atoms with Crippen molar-refractivity contribution in [3.63, 3.8) is 0 Å². The van der Waals surface area contributed by atoms with Crippen molar-refractivity contribution in [2.24, 2.45) is 11.3 Å². The molecule has 0 radical (unpaired) electrons. The van der Waals surface area contributed by atoms with Crippen molar-refractivity contribution in [1.82, 2.24) is 4.90 Å². The number of hydrogen-bond acceptors (Lipinski definition) is 4. The van der Waals surface area contributed by atoms with Crippen LogP contribution < -0.4 is 4.90 Å². The molecule has 1 amide bonds. The van der Waals surface area contributed by atoms with E-state index in [1.54, 1.807) is 35.2 Å². The Balaban J connectivity index is 1.58. The van der Waals surface area contributed by atoms with Gasteiger partial charge in [-0.25, -0.2) is 0 Å². The van der Waals surface area contributed by atoms with Gasteiger partial charge < -0.3 is 14.9 Å². The van der Waals surface area contributed by atoms with Crippen molar-refractivity contribution in [3.8, 4) is 6.07 Å². The first-order chi connectivity index (χ1) is 14.8. The highest BCUT2D eigenvalue weighted by Crippen LogP contribution is 2.45. The summed E-state index contributed by atoms with van der Waals surface area (Å²) in [5, 5.41) is 19.2. The standard InChI is InChI=1S/C23H22F3N3O2/c24-23(25,26)20-10-19(7-6-17(20)11-27)29-13-18-12-28(9-8-22(18,14-29)15-30)21(31)16-4-2-1-3-5-16/h1-7,10,18,30H,8-9,12-15H2/t18-,22+/m1/s1. The average molecular weight is 429 g/mol.